The number of halogens is 1. The highest BCUT2D eigenvalue weighted by Gasteiger charge is 2.07. The van der Waals surface area contributed by atoms with Gasteiger partial charge in [-0.05, 0) is 23.8 Å². The number of hydrogen-bond donors (Lipinski definition) is 1. The molecular weight excluding hydrogens is 248 g/mol. The van der Waals surface area contributed by atoms with Gasteiger partial charge in [-0.1, -0.05) is 29.8 Å². The molecule has 0 bridgehead atoms. The van der Waals surface area contributed by atoms with Gasteiger partial charge in [0.1, 0.15) is 11.6 Å². The number of imidazole rings is 1. The molecule has 4 heteroatoms. The number of pyridine rings is 1. The third-order valence-electron chi connectivity index (χ3n) is 2.89. The molecule has 0 unspecified atom stereocenters. The van der Waals surface area contributed by atoms with E-state index in [-0.39, 0.29) is 5.75 Å². The molecule has 2 aromatic heterocycles. The van der Waals surface area contributed by atoms with Crippen molar-refractivity contribution in [2.45, 2.75) is 6.42 Å². The third-order valence-corrected chi connectivity index (χ3v) is 3.26. The second-order valence-electron chi connectivity index (χ2n) is 4.12. The first-order chi connectivity index (χ1) is 8.74. The van der Waals surface area contributed by atoms with E-state index in [9.17, 15) is 5.11 Å². The van der Waals surface area contributed by atoms with Gasteiger partial charge in [0.15, 0.2) is 0 Å². The summed E-state index contributed by atoms with van der Waals surface area (Å²) in [6.45, 7) is 0. The van der Waals surface area contributed by atoms with Gasteiger partial charge in [0.25, 0.3) is 0 Å². The average Bonchev–Trinajstić information content (AvgIpc) is 2.75. The first kappa shape index (κ1) is 11.1. The first-order valence-corrected chi connectivity index (χ1v) is 6.00. The van der Waals surface area contributed by atoms with E-state index in [0.29, 0.717) is 6.42 Å². The van der Waals surface area contributed by atoms with E-state index in [4.69, 9.17) is 11.6 Å². The van der Waals surface area contributed by atoms with Crippen molar-refractivity contribution >= 4 is 17.1 Å². The molecular formula is C14H11ClN2O. The van der Waals surface area contributed by atoms with Crippen LogP contribution in [-0.4, -0.2) is 14.5 Å². The van der Waals surface area contributed by atoms with Gasteiger partial charge in [-0.3, -0.25) is 4.40 Å². The summed E-state index contributed by atoms with van der Waals surface area (Å²) < 4.78 is 1.87. The van der Waals surface area contributed by atoms with Gasteiger partial charge in [-0.2, -0.15) is 0 Å². The van der Waals surface area contributed by atoms with Gasteiger partial charge in [-0.25, -0.2) is 4.98 Å². The van der Waals surface area contributed by atoms with Crippen molar-refractivity contribution in [1.82, 2.24) is 9.38 Å². The fourth-order valence-electron chi connectivity index (χ4n) is 1.98. The molecule has 0 radical (unpaired) electrons. The normalized spacial score (nSPS) is 10.9. The second-order valence-corrected chi connectivity index (χ2v) is 4.53. The van der Waals surface area contributed by atoms with Crippen LogP contribution < -0.4 is 0 Å². The van der Waals surface area contributed by atoms with Crippen LogP contribution in [0, 0.1) is 0 Å². The zero-order valence-electron chi connectivity index (χ0n) is 9.55. The number of aromatic nitrogens is 2. The molecule has 3 rings (SSSR count). The fraction of sp³-hybridized carbons (Fsp3) is 0.0714. The lowest BCUT2D eigenvalue weighted by molar-refractivity contribution is 0.471. The Balaban J connectivity index is 2.05. The van der Waals surface area contributed by atoms with E-state index in [1.165, 1.54) is 0 Å². The predicted molar refractivity (Wildman–Crippen MR) is 71.1 cm³/mol. The molecule has 90 valence electrons. The molecule has 3 aromatic rings. The predicted octanol–water partition coefficient (Wildman–Crippen LogP) is 3.28. The molecule has 0 aliphatic rings. The summed E-state index contributed by atoms with van der Waals surface area (Å²) in [5, 5.41) is 10.2. The Morgan fingerprint density at radius 1 is 1.17 bits per heavy atom. The van der Waals surface area contributed by atoms with Crippen LogP contribution in [0.5, 0.6) is 5.75 Å². The van der Waals surface area contributed by atoms with Gasteiger partial charge < -0.3 is 5.11 Å². The van der Waals surface area contributed by atoms with Crippen LogP contribution in [0.2, 0.25) is 5.02 Å². The number of fused-ring (bicyclic) bond motifs is 1. The number of rotatable bonds is 2. The number of hydrogen-bond acceptors (Lipinski definition) is 2. The van der Waals surface area contributed by atoms with Crippen molar-refractivity contribution in [1.29, 1.82) is 0 Å². The summed E-state index contributed by atoms with van der Waals surface area (Å²) in [5.74, 6) is 1.08. The Kier molecular flexibility index (Phi) is 2.68. The van der Waals surface area contributed by atoms with Crippen LogP contribution >= 0.6 is 11.6 Å². The molecule has 0 saturated heterocycles. The molecule has 3 nitrogen and oxygen atoms in total. The second kappa shape index (κ2) is 4.35. The molecule has 0 amide bonds. The number of benzene rings is 1. The average molecular weight is 259 g/mol. The zero-order valence-corrected chi connectivity index (χ0v) is 10.3. The van der Waals surface area contributed by atoms with Crippen molar-refractivity contribution in [2.24, 2.45) is 0 Å². The van der Waals surface area contributed by atoms with E-state index >= 15 is 0 Å². The van der Waals surface area contributed by atoms with Gasteiger partial charge in [0, 0.05) is 11.4 Å². The van der Waals surface area contributed by atoms with Crippen LogP contribution in [0.3, 0.4) is 0 Å². The minimum absolute atomic E-state index is 0.223. The van der Waals surface area contributed by atoms with E-state index in [1.54, 1.807) is 18.5 Å². The smallest absolute Gasteiger partial charge is 0.132 e. The molecule has 1 N–H and O–H groups in total. The molecule has 0 spiro atoms. The summed E-state index contributed by atoms with van der Waals surface area (Å²) in [4.78, 5) is 4.37. The van der Waals surface area contributed by atoms with Crippen molar-refractivity contribution in [3.05, 3.63) is 65.2 Å². The summed E-state index contributed by atoms with van der Waals surface area (Å²) in [5.41, 5.74) is 1.98. The number of aromatic hydroxyl groups is 1. The van der Waals surface area contributed by atoms with Crippen molar-refractivity contribution in [3.63, 3.8) is 0 Å². The lowest BCUT2D eigenvalue weighted by Gasteiger charge is -2.04. The van der Waals surface area contributed by atoms with Crippen molar-refractivity contribution in [2.75, 3.05) is 0 Å². The SMILES string of the molecule is Oc1ccc2cnc(Cc3ccccc3Cl)n2c1. The third kappa shape index (κ3) is 1.93. The molecule has 1 aromatic carbocycles. The van der Waals surface area contributed by atoms with Gasteiger partial charge >= 0.3 is 0 Å². The highest BCUT2D eigenvalue weighted by molar-refractivity contribution is 6.31. The minimum atomic E-state index is 0.223. The molecule has 0 aliphatic carbocycles. The first-order valence-electron chi connectivity index (χ1n) is 5.62. The fourth-order valence-corrected chi connectivity index (χ4v) is 2.18. The lowest BCUT2D eigenvalue weighted by Crippen LogP contribution is -1.96. The Hall–Kier alpha value is -2.00. The van der Waals surface area contributed by atoms with Crippen LogP contribution in [-0.2, 0) is 6.42 Å². The van der Waals surface area contributed by atoms with Gasteiger partial charge in [0.05, 0.1) is 17.9 Å². The van der Waals surface area contributed by atoms with Gasteiger partial charge in [0.2, 0.25) is 0 Å². The maximum absolute atomic E-state index is 9.52. The quantitative estimate of drug-likeness (QED) is 0.766. The van der Waals surface area contributed by atoms with Gasteiger partial charge in [-0.15, -0.1) is 0 Å². The summed E-state index contributed by atoms with van der Waals surface area (Å²) >= 11 is 6.14. The van der Waals surface area contributed by atoms with E-state index in [0.717, 1.165) is 21.9 Å². The molecule has 0 saturated carbocycles. The highest BCUT2D eigenvalue weighted by Crippen LogP contribution is 2.20. The topological polar surface area (TPSA) is 37.5 Å². The molecule has 2 heterocycles. The Morgan fingerprint density at radius 3 is 2.83 bits per heavy atom. The molecule has 0 atom stereocenters. The monoisotopic (exact) mass is 258 g/mol. The van der Waals surface area contributed by atoms with Crippen LogP contribution in [0.4, 0.5) is 0 Å². The maximum Gasteiger partial charge on any atom is 0.132 e. The van der Waals surface area contributed by atoms with Crippen molar-refractivity contribution in [3.8, 4) is 5.75 Å². The summed E-state index contributed by atoms with van der Waals surface area (Å²) in [6.07, 6.45) is 4.08. The summed E-state index contributed by atoms with van der Waals surface area (Å²) in [7, 11) is 0. The van der Waals surface area contributed by atoms with E-state index < -0.39 is 0 Å². The standard InChI is InChI=1S/C14H11ClN2O/c15-13-4-2-1-3-10(13)7-14-16-8-11-5-6-12(18)9-17(11)14/h1-6,8-9,18H,7H2. The Bertz CT molecular complexity index is 706. The Labute approximate surface area is 109 Å². The van der Waals surface area contributed by atoms with Crippen LogP contribution in [0.25, 0.3) is 5.52 Å². The van der Waals surface area contributed by atoms with E-state index in [1.807, 2.05) is 34.7 Å². The van der Waals surface area contributed by atoms with E-state index in [2.05, 4.69) is 4.98 Å². The van der Waals surface area contributed by atoms with Crippen molar-refractivity contribution < 1.29 is 5.11 Å². The Morgan fingerprint density at radius 2 is 2.00 bits per heavy atom. The highest BCUT2D eigenvalue weighted by atomic mass is 35.5. The van der Waals surface area contributed by atoms with Crippen LogP contribution in [0.1, 0.15) is 11.4 Å². The maximum atomic E-state index is 9.52. The van der Waals surface area contributed by atoms with Crippen LogP contribution in [0.15, 0.2) is 48.8 Å². The number of nitrogens with zero attached hydrogens (tertiary/aromatic N) is 2. The molecule has 0 fully saturated rings. The molecule has 0 aliphatic heterocycles. The lowest BCUT2D eigenvalue weighted by atomic mass is 10.1. The summed E-state index contributed by atoms with van der Waals surface area (Å²) in [6, 6.07) is 11.2. The minimum Gasteiger partial charge on any atom is -0.506 e. The largest absolute Gasteiger partial charge is 0.506 e. The molecule has 18 heavy (non-hydrogen) atoms. The zero-order chi connectivity index (χ0) is 12.5.